The highest BCUT2D eigenvalue weighted by Gasteiger charge is 2.35. The van der Waals surface area contributed by atoms with Gasteiger partial charge < -0.3 is 19.5 Å². The van der Waals surface area contributed by atoms with E-state index in [1.165, 1.54) is 0 Å². The van der Waals surface area contributed by atoms with Crippen LogP contribution in [0.5, 0.6) is 5.75 Å². The molecule has 0 aromatic carbocycles. The third kappa shape index (κ3) is 4.32. The number of pyridine rings is 1. The fraction of sp³-hybridized carbons (Fsp3) is 0.600. The Morgan fingerprint density at radius 3 is 2.81 bits per heavy atom. The maximum absolute atomic E-state index is 12.0. The molecule has 6 heteroatoms. The lowest BCUT2D eigenvalue weighted by Gasteiger charge is -2.40. The van der Waals surface area contributed by atoms with Crippen molar-refractivity contribution in [2.24, 2.45) is 0 Å². The van der Waals surface area contributed by atoms with Crippen LogP contribution < -0.4 is 4.74 Å². The van der Waals surface area contributed by atoms with Gasteiger partial charge in [0.1, 0.15) is 18.0 Å². The molecule has 1 aliphatic rings. The lowest BCUT2D eigenvalue weighted by Crippen LogP contribution is -2.55. The predicted molar refractivity (Wildman–Crippen MR) is 77.0 cm³/mol. The number of carbonyl (C=O) groups is 1. The number of nitrogens with zero attached hydrogens (tertiary/aromatic N) is 2. The molecule has 2 heterocycles. The Morgan fingerprint density at radius 1 is 1.48 bits per heavy atom. The first-order valence-corrected chi connectivity index (χ1v) is 7.06. The lowest BCUT2D eigenvalue weighted by molar-refractivity contribution is -0.0141. The highest BCUT2D eigenvalue weighted by molar-refractivity contribution is 5.69. The summed E-state index contributed by atoms with van der Waals surface area (Å²) >= 11 is 0. The maximum Gasteiger partial charge on any atom is 0.410 e. The summed E-state index contributed by atoms with van der Waals surface area (Å²) in [6.07, 6.45) is 3.77. The summed E-state index contributed by atoms with van der Waals surface area (Å²) < 4.78 is 11.0. The van der Waals surface area contributed by atoms with Gasteiger partial charge in [-0.05, 0) is 38.8 Å². The van der Waals surface area contributed by atoms with Gasteiger partial charge in [-0.25, -0.2) is 4.79 Å². The van der Waals surface area contributed by atoms with Crippen LogP contribution in [0.15, 0.2) is 18.5 Å². The fourth-order valence-electron chi connectivity index (χ4n) is 2.00. The molecule has 2 rings (SSSR count). The molecule has 1 aromatic rings. The van der Waals surface area contributed by atoms with Gasteiger partial charge in [-0.2, -0.15) is 0 Å². The number of hydrogen-bond donors (Lipinski definition) is 1. The molecule has 0 saturated carbocycles. The molecular formula is C15H22N2O4. The van der Waals surface area contributed by atoms with E-state index in [-0.39, 0.29) is 18.7 Å². The van der Waals surface area contributed by atoms with Crippen molar-refractivity contribution in [2.45, 2.75) is 45.4 Å². The van der Waals surface area contributed by atoms with Gasteiger partial charge in [-0.15, -0.1) is 0 Å². The molecule has 1 saturated heterocycles. The minimum atomic E-state index is -0.489. The molecule has 1 N–H and O–H groups in total. The largest absolute Gasteiger partial charge is 0.490 e. The predicted octanol–water partition coefficient (Wildman–Crippen LogP) is 1.96. The first-order valence-electron chi connectivity index (χ1n) is 7.06. The van der Waals surface area contributed by atoms with Gasteiger partial charge >= 0.3 is 6.09 Å². The zero-order valence-electron chi connectivity index (χ0n) is 12.7. The lowest BCUT2D eigenvalue weighted by atomic mass is 10.1. The Kier molecular flexibility index (Phi) is 4.67. The summed E-state index contributed by atoms with van der Waals surface area (Å²) in [6, 6.07) is 1.77. The molecule has 1 fully saturated rings. The number of rotatable bonds is 4. The Balaban J connectivity index is 1.85. The van der Waals surface area contributed by atoms with Crippen molar-refractivity contribution in [1.82, 2.24) is 9.88 Å². The summed E-state index contributed by atoms with van der Waals surface area (Å²) in [5.74, 6) is 0.595. The van der Waals surface area contributed by atoms with E-state index in [1.54, 1.807) is 23.4 Å². The van der Waals surface area contributed by atoms with E-state index in [4.69, 9.17) is 14.6 Å². The zero-order valence-corrected chi connectivity index (χ0v) is 12.7. The molecule has 0 unspecified atom stereocenters. The van der Waals surface area contributed by atoms with Gasteiger partial charge in [0, 0.05) is 12.7 Å². The first kappa shape index (κ1) is 15.6. The third-order valence-corrected chi connectivity index (χ3v) is 3.17. The minimum absolute atomic E-state index is 0.0256. The molecule has 1 aromatic heterocycles. The SMILES string of the molecule is CC(C)(C)OC(=O)N1CC[C@H]1COc1cncc(CO)c1. The highest BCUT2D eigenvalue weighted by Crippen LogP contribution is 2.22. The van der Waals surface area contributed by atoms with Gasteiger partial charge in [-0.1, -0.05) is 0 Å². The number of carbonyl (C=O) groups excluding carboxylic acids is 1. The highest BCUT2D eigenvalue weighted by atomic mass is 16.6. The summed E-state index contributed by atoms with van der Waals surface area (Å²) in [6.45, 7) is 6.57. The molecule has 1 atom stereocenters. The Bertz CT molecular complexity index is 499. The summed E-state index contributed by atoms with van der Waals surface area (Å²) in [5, 5.41) is 9.05. The third-order valence-electron chi connectivity index (χ3n) is 3.17. The Labute approximate surface area is 124 Å². The first-order chi connectivity index (χ1) is 9.89. The average Bonchev–Trinajstić information content (AvgIpc) is 2.35. The van der Waals surface area contributed by atoms with E-state index in [0.29, 0.717) is 24.5 Å². The maximum atomic E-state index is 12.0. The second-order valence-electron chi connectivity index (χ2n) is 6.11. The molecule has 1 aliphatic heterocycles. The molecule has 0 radical (unpaired) electrons. The second-order valence-corrected chi connectivity index (χ2v) is 6.11. The van der Waals surface area contributed by atoms with E-state index in [2.05, 4.69) is 4.98 Å². The smallest absolute Gasteiger partial charge is 0.410 e. The van der Waals surface area contributed by atoms with Crippen LogP contribution in [0, 0.1) is 0 Å². The van der Waals surface area contributed by atoms with Crippen LogP contribution in [0.25, 0.3) is 0 Å². The van der Waals surface area contributed by atoms with Gasteiger partial charge in [0.05, 0.1) is 18.8 Å². The normalized spacial score (nSPS) is 18.1. The standard InChI is InChI=1S/C15H22N2O4/c1-15(2,3)21-14(19)17-5-4-12(17)10-20-13-6-11(9-18)7-16-8-13/h6-8,12,18H,4-5,9-10H2,1-3H3/t12-/m0/s1. The average molecular weight is 294 g/mol. The quantitative estimate of drug-likeness (QED) is 0.919. The van der Waals surface area contributed by atoms with Crippen LogP contribution in [-0.2, 0) is 11.3 Å². The van der Waals surface area contributed by atoms with Crippen LogP contribution in [0.2, 0.25) is 0 Å². The van der Waals surface area contributed by atoms with Crippen molar-refractivity contribution in [2.75, 3.05) is 13.2 Å². The Hall–Kier alpha value is -1.82. The number of hydrogen-bond acceptors (Lipinski definition) is 5. The van der Waals surface area contributed by atoms with Crippen LogP contribution in [-0.4, -0.2) is 45.9 Å². The van der Waals surface area contributed by atoms with Crippen molar-refractivity contribution in [3.8, 4) is 5.75 Å². The van der Waals surface area contributed by atoms with Crippen LogP contribution in [0.4, 0.5) is 4.79 Å². The number of aliphatic hydroxyl groups is 1. The monoisotopic (exact) mass is 294 g/mol. The van der Waals surface area contributed by atoms with E-state index in [9.17, 15) is 4.79 Å². The number of aromatic nitrogens is 1. The van der Waals surface area contributed by atoms with Crippen molar-refractivity contribution in [1.29, 1.82) is 0 Å². The summed E-state index contributed by atoms with van der Waals surface area (Å²) in [7, 11) is 0. The van der Waals surface area contributed by atoms with Crippen molar-refractivity contribution < 1.29 is 19.4 Å². The number of ether oxygens (including phenoxy) is 2. The molecule has 0 aliphatic carbocycles. The number of likely N-dealkylation sites (tertiary alicyclic amines) is 1. The van der Waals surface area contributed by atoms with Gasteiger partial charge in [0.2, 0.25) is 0 Å². The zero-order chi connectivity index (χ0) is 15.5. The van der Waals surface area contributed by atoms with E-state index in [1.807, 2.05) is 20.8 Å². The van der Waals surface area contributed by atoms with Crippen molar-refractivity contribution in [3.63, 3.8) is 0 Å². The Morgan fingerprint density at radius 2 is 2.24 bits per heavy atom. The molecule has 116 valence electrons. The molecule has 0 spiro atoms. The topological polar surface area (TPSA) is 71.9 Å². The molecular weight excluding hydrogens is 272 g/mol. The van der Waals surface area contributed by atoms with E-state index in [0.717, 1.165) is 6.42 Å². The number of amides is 1. The molecule has 6 nitrogen and oxygen atoms in total. The molecule has 21 heavy (non-hydrogen) atoms. The second kappa shape index (κ2) is 6.30. The van der Waals surface area contributed by atoms with Gasteiger partial charge in [-0.3, -0.25) is 4.98 Å². The van der Waals surface area contributed by atoms with Crippen LogP contribution in [0.1, 0.15) is 32.8 Å². The fourth-order valence-corrected chi connectivity index (χ4v) is 2.00. The number of aliphatic hydroxyl groups excluding tert-OH is 1. The van der Waals surface area contributed by atoms with Crippen molar-refractivity contribution >= 4 is 6.09 Å². The van der Waals surface area contributed by atoms with E-state index < -0.39 is 5.60 Å². The molecule has 1 amide bonds. The summed E-state index contributed by atoms with van der Waals surface area (Å²) in [5.41, 5.74) is 0.211. The minimum Gasteiger partial charge on any atom is -0.490 e. The molecule has 0 bridgehead atoms. The van der Waals surface area contributed by atoms with Gasteiger partial charge in [0.25, 0.3) is 0 Å². The van der Waals surface area contributed by atoms with Gasteiger partial charge in [0.15, 0.2) is 0 Å². The van der Waals surface area contributed by atoms with E-state index >= 15 is 0 Å². The van der Waals surface area contributed by atoms with Crippen LogP contribution in [0.3, 0.4) is 0 Å². The van der Waals surface area contributed by atoms with Crippen molar-refractivity contribution in [3.05, 3.63) is 24.0 Å². The summed E-state index contributed by atoms with van der Waals surface area (Å²) in [4.78, 5) is 17.6. The van der Waals surface area contributed by atoms with Crippen LogP contribution >= 0.6 is 0 Å².